The van der Waals surface area contributed by atoms with Gasteiger partial charge in [0.2, 0.25) is 0 Å². The number of benzene rings is 2. The van der Waals surface area contributed by atoms with Crippen LogP contribution < -0.4 is 14.9 Å². The lowest BCUT2D eigenvalue weighted by molar-refractivity contribution is 0.0728. The third kappa shape index (κ3) is 5.51. The van der Waals surface area contributed by atoms with Gasteiger partial charge < -0.3 is 9.47 Å². The Morgan fingerprint density at radius 2 is 1.83 bits per heavy atom. The molecule has 1 N–H and O–H groups in total. The molecule has 2 aromatic carbocycles. The van der Waals surface area contributed by atoms with Crippen LogP contribution in [0.4, 0.5) is 0 Å². The van der Waals surface area contributed by atoms with E-state index in [4.69, 9.17) is 9.47 Å². The summed E-state index contributed by atoms with van der Waals surface area (Å²) in [5, 5.41) is 3.96. The zero-order valence-electron chi connectivity index (χ0n) is 16.7. The van der Waals surface area contributed by atoms with Crippen molar-refractivity contribution in [3.63, 3.8) is 0 Å². The van der Waals surface area contributed by atoms with Crippen molar-refractivity contribution in [3.8, 4) is 11.5 Å². The number of aromatic nitrogens is 1. The number of carbonyl (C=O) groups excluding carboxylic acids is 2. The maximum absolute atomic E-state index is 12.3. The number of pyridine rings is 1. The number of nitrogens with zero attached hydrogens (tertiary/aromatic N) is 2. The SMILES string of the molecule is CCOc1cc(/C=N\NC(=O)c2ccc(C)nc2)ccc1OC(=O)c1ccccc1. The Kier molecular flexibility index (Phi) is 6.89. The van der Waals surface area contributed by atoms with Crippen molar-refractivity contribution in [1.29, 1.82) is 0 Å². The van der Waals surface area contributed by atoms with Gasteiger partial charge in [0.25, 0.3) is 5.91 Å². The van der Waals surface area contributed by atoms with Gasteiger partial charge in [0.05, 0.1) is 23.9 Å². The highest BCUT2D eigenvalue weighted by Crippen LogP contribution is 2.29. The number of ether oxygens (including phenoxy) is 2. The van der Waals surface area contributed by atoms with Crippen LogP contribution in [-0.2, 0) is 0 Å². The van der Waals surface area contributed by atoms with Crippen LogP contribution >= 0.6 is 0 Å². The van der Waals surface area contributed by atoms with Crippen molar-refractivity contribution in [2.45, 2.75) is 13.8 Å². The first-order chi connectivity index (χ1) is 14.6. The van der Waals surface area contributed by atoms with E-state index in [9.17, 15) is 9.59 Å². The van der Waals surface area contributed by atoms with Gasteiger partial charge in [-0.25, -0.2) is 10.2 Å². The summed E-state index contributed by atoms with van der Waals surface area (Å²) in [6.07, 6.45) is 2.97. The summed E-state index contributed by atoms with van der Waals surface area (Å²) in [6, 6.07) is 17.1. The minimum Gasteiger partial charge on any atom is -0.490 e. The molecule has 0 aliphatic rings. The number of rotatable bonds is 7. The molecule has 152 valence electrons. The fraction of sp³-hybridized carbons (Fsp3) is 0.130. The van der Waals surface area contributed by atoms with Crippen LogP contribution in [0.15, 0.2) is 72.0 Å². The van der Waals surface area contributed by atoms with E-state index in [0.717, 1.165) is 5.69 Å². The molecule has 7 nitrogen and oxygen atoms in total. The summed E-state index contributed by atoms with van der Waals surface area (Å²) in [7, 11) is 0. The number of nitrogens with one attached hydrogen (secondary N) is 1. The first-order valence-corrected chi connectivity index (χ1v) is 9.37. The third-order valence-electron chi connectivity index (χ3n) is 4.03. The molecular formula is C23H21N3O4. The van der Waals surface area contributed by atoms with Crippen LogP contribution in [0.5, 0.6) is 11.5 Å². The highest BCUT2D eigenvalue weighted by Gasteiger charge is 2.13. The Bertz CT molecular complexity index is 1050. The molecule has 7 heteroatoms. The van der Waals surface area contributed by atoms with E-state index in [1.807, 2.05) is 19.9 Å². The molecule has 0 atom stereocenters. The second-order valence-electron chi connectivity index (χ2n) is 6.28. The van der Waals surface area contributed by atoms with Crippen LogP contribution in [0.2, 0.25) is 0 Å². The van der Waals surface area contributed by atoms with Gasteiger partial charge in [-0.2, -0.15) is 5.10 Å². The van der Waals surface area contributed by atoms with Gasteiger partial charge >= 0.3 is 5.97 Å². The topological polar surface area (TPSA) is 89.9 Å². The molecule has 30 heavy (non-hydrogen) atoms. The summed E-state index contributed by atoms with van der Waals surface area (Å²) < 4.78 is 11.1. The normalized spacial score (nSPS) is 10.6. The molecule has 1 aromatic heterocycles. The summed E-state index contributed by atoms with van der Waals surface area (Å²) in [4.78, 5) is 28.5. The Morgan fingerprint density at radius 1 is 1.03 bits per heavy atom. The predicted octanol–water partition coefficient (Wildman–Crippen LogP) is 3.77. The number of hydrogen-bond donors (Lipinski definition) is 1. The zero-order chi connectivity index (χ0) is 21.3. The minimum atomic E-state index is -0.475. The quantitative estimate of drug-likeness (QED) is 0.281. The van der Waals surface area contributed by atoms with Crippen LogP contribution in [0.1, 0.15) is 38.9 Å². The van der Waals surface area contributed by atoms with Gasteiger partial charge in [0.1, 0.15) is 0 Å². The first-order valence-electron chi connectivity index (χ1n) is 9.37. The van der Waals surface area contributed by atoms with E-state index in [1.165, 1.54) is 12.4 Å². The molecule has 0 radical (unpaired) electrons. The third-order valence-corrected chi connectivity index (χ3v) is 4.03. The van der Waals surface area contributed by atoms with Gasteiger partial charge in [0, 0.05) is 11.9 Å². The highest BCUT2D eigenvalue weighted by molar-refractivity contribution is 5.94. The van der Waals surface area contributed by atoms with Crippen molar-refractivity contribution < 1.29 is 19.1 Å². The molecule has 0 saturated heterocycles. The van der Waals surface area contributed by atoms with Gasteiger partial charge in [-0.15, -0.1) is 0 Å². The van der Waals surface area contributed by atoms with Crippen LogP contribution in [0, 0.1) is 6.92 Å². The molecule has 0 aliphatic heterocycles. The minimum absolute atomic E-state index is 0.303. The molecule has 0 saturated carbocycles. The average Bonchev–Trinajstić information content (AvgIpc) is 2.76. The maximum Gasteiger partial charge on any atom is 0.343 e. The lowest BCUT2D eigenvalue weighted by atomic mass is 10.2. The number of esters is 1. The van der Waals surface area contributed by atoms with E-state index in [2.05, 4.69) is 15.5 Å². The number of amides is 1. The lowest BCUT2D eigenvalue weighted by Gasteiger charge is -2.11. The maximum atomic E-state index is 12.3. The number of hydrogen-bond acceptors (Lipinski definition) is 6. The molecule has 1 heterocycles. The van der Waals surface area contributed by atoms with E-state index in [-0.39, 0.29) is 5.91 Å². The van der Waals surface area contributed by atoms with Crippen molar-refractivity contribution in [1.82, 2.24) is 10.4 Å². The van der Waals surface area contributed by atoms with E-state index < -0.39 is 5.97 Å². The number of carbonyl (C=O) groups is 2. The Labute approximate surface area is 174 Å². The second kappa shape index (κ2) is 9.97. The Morgan fingerprint density at radius 3 is 2.53 bits per heavy atom. The van der Waals surface area contributed by atoms with Crippen LogP contribution in [0.25, 0.3) is 0 Å². The fourth-order valence-electron chi connectivity index (χ4n) is 2.52. The Balaban J connectivity index is 1.69. The fourth-order valence-corrected chi connectivity index (χ4v) is 2.52. The first kappa shape index (κ1) is 20.7. The van der Waals surface area contributed by atoms with Crippen molar-refractivity contribution in [3.05, 3.63) is 89.2 Å². The van der Waals surface area contributed by atoms with Crippen molar-refractivity contribution >= 4 is 18.1 Å². The molecule has 0 spiro atoms. The van der Waals surface area contributed by atoms with Gasteiger partial charge in [-0.3, -0.25) is 9.78 Å². The number of hydrazone groups is 1. The molecule has 0 unspecified atom stereocenters. The van der Waals surface area contributed by atoms with E-state index in [0.29, 0.717) is 34.8 Å². The van der Waals surface area contributed by atoms with Crippen molar-refractivity contribution in [2.75, 3.05) is 6.61 Å². The molecule has 3 aromatic rings. The van der Waals surface area contributed by atoms with Crippen LogP contribution in [-0.4, -0.2) is 29.7 Å². The molecule has 0 fully saturated rings. The van der Waals surface area contributed by atoms with Gasteiger partial charge in [-0.05, 0) is 61.9 Å². The molecule has 0 bridgehead atoms. The standard InChI is InChI=1S/C23H21N3O4/c1-3-29-21-13-17(14-25-26-22(27)19-11-9-16(2)24-15-19)10-12-20(21)30-23(28)18-7-5-4-6-8-18/h4-15H,3H2,1-2H3,(H,26,27)/b25-14-. The summed E-state index contributed by atoms with van der Waals surface area (Å²) in [5.74, 6) is -0.133. The average molecular weight is 403 g/mol. The molecule has 0 aliphatic carbocycles. The molecule has 3 rings (SSSR count). The number of aryl methyl sites for hydroxylation is 1. The summed E-state index contributed by atoms with van der Waals surface area (Å²) in [5.41, 5.74) is 4.80. The molecular weight excluding hydrogens is 382 g/mol. The zero-order valence-corrected chi connectivity index (χ0v) is 16.7. The molecule has 1 amide bonds. The lowest BCUT2D eigenvalue weighted by Crippen LogP contribution is -2.17. The van der Waals surface area contributed by atoms with Gasteiger partial charge in [-0.1, -0.05) is 18.2 Å². The summed E-state index contributed by atoms with van der Waals surface area (Å²) in [6.45, 7) is 4.07. The van der Waals surface area contributed by atoms with E-state index >= 15 is 0 Å². The predicted molar refractivity (Wildman–Crippen MR) is 113 cm³/mol. The van der Waals surface area contributed by atoms with Crippen molar-refractivity contribution in [2.24, 2.45) is 5.10 Å². The monoisotopic (exact) mass is 403 g/mol. The largest absolute Gasteiger partial charge is 0.490 e. The highest BCUT2D eigenvalue weighted by atomic mass is 16.6. The van der Waals surface area contributed by atoms with Crippen LogP contribution in [0.3, 0.4) is 0 Å². The van der Waals surface area contributed by atoms with Gasteiger partial charge in [0.15, 0.2) is 11.5 Å². The smallest absolute Gasteiger partial charge is 0.343 e. The Hall–Kier alpha value is -4.00. The second-order valence-corrected chi connectivity index (χ2v) is 6.28. The van der Waals surface area contributed by atoms with E-state index in [1.54, 1.807) is 54.6 Å². The summed E-state index contributed by atoms with van der Waals surface area (Å²) >= 11 is 0.